The maximum Gasteiger partial charge on any atom is 0.104 e. The van der Waals surface area contributed by atoms with Gasteiger partial charge in [0.05, 0.1) is 39.6 Å². The van der Waals surface area contributed by atoms with Crippen molar-refractivity contribution in [2.75, 3.05) is 39.6 Å². The summed E-state index contributed by atoms with van der Waals surface area (Å²) >= 11 is 0. The maximum atomic E-state index is 5.71. The molecule has 0 saturated carbocycles. The molecule has 0 bridgehead atoms. The maximum absolute atomic E-state index is 5.71. The molecule has 1 aromatic rings. The molecule has 3 rings (SSSR count). The van der Waals surface area contributed by atoms with Crippen LogP contribution in [0.3, 0.4) is 0 Å². The average Bonchev–Trinajstić information content (AvgIpc) is 3.33. The number of hydrogen-bond acceptors (Lipinski definition) is 4. The van der Waals surface area contributed by atoms with Gasteiger partial charge in [-0.05, 0) is 5.56 Å². The Balaban J connectivity index is 1.47. The average molecular weight is 264 g/mol. The van der Waals surface area contributed by atoms with Crippen molar-refractivity contribution in [1.29, 1.82) is 0 Å². The predicted molar refractivity (Wildman–Crippen MR) is 70.3 cm³/mol. The molecule has 2 unspecified atom stereocenters. The Labute approximate surface area is 113 Å². The Morgan fingerprint density at radius 1 is 0.947 bits per heavy atom. The van der Waals surface area contributed by atoms with Gasteiger partial charge < -0.3 is 18.9 Å². The smallest absolute Gasteiger partial charge is 0.104 e. The lowest BCUT2D eigenvalue weighted by molar-refractivity contribution is 0.0540. The predicted octanol–water partition coefficient (Wildman–Crippen LogP) is 1.60. The molecule has 2 saturated heterocycles. The highest BCUT2D eigenvalue weighted by molar-refractivity contribution is 5.19. The van der Waals surface area contributed by atoms with Crippen LogP contribution in [-0.4, -0.2) is 51.8 Å². The molecule has 2 aliphatic rings. The number of rotatable bonds is 9. The topological polar surface area (TPSA) is 43.5 Å². The third-order valence-corrected chi connectivity index (χ3v) is 3.32. The third-order valence-electron chi connectivity index (χ3n) is 3.32. The summed E-state index contributed by atoms with van der Waals surface area (Å²) in [4.78, 5) is 0. The van der Waals surface area contributed by atoms with Gasteiger partial charge in [0.2, 0.25) is 0 Å². The van der Waals surface area contributed by atoms with Crippen LogP contribution < -0.4 is 0 Å². The molecule has 0 radical (unpaired) electrons. The SMILES string of the molecule is c1ccc(C(COCC2CO2)COCC2CO2)cc1. The summed E-state index contributed by atoms with van der Waals surface area (Å²) < 4.78 is 21.7. The quantitative estimate of drug-likeness (QED) is 0.635. The molecular formula is C15H20O4. The van der Waals surface area contributed by atoms with E-state index in [0.717, 1.165) is 13.2 Å². The Bertz CT molecular complexity index is 355. The fourth-order valence-electron chi connectivity index (χ4n) is 1.98. The van der Waals surface area contributed by atoms with Gasteiger partial charge in [-0.15, -0.1) is 0 Å². The fraction of sp³-hybridized carbons (Fsp3) is 0.600. The molecule has 0 N–H and O–H groups in total. The van der Waals surface area contributed by atoms with Gasteiger partial charge in [0, 0.05) is 5.92 Å². The van der Waals surface area contributed by atoms with Crippen molar-refractivity contribution in [3.63, 3.8) is 0 Å². The summed E-state index contributed by atoms with van der Waals surface area (Å²) in [6.45, 7) is 4.41. The van der Waals surface area contributed by atoms with E-state index in [2.05, 4.69) is 24.3 Å². The second kappa shape index (κ2) is 6.48. The van der Waals surface area contributed by atoms with Crippen LogP contribution in [0.5, 0.6) is 0 Å². The summed E-state index contributed by atoms with van der Waals surface area (Å²) in [5.74, 6) is 0.277. The molecule has 0 aliphatic carbocycles. The summed E-state index contributed by atoms with van der Waals surface area (Å²) in [5, 5.41) is 0. The van der Waals surface area contributed by atoms with Crippen LogP contribution in [0.1, 0.15) is 11.5 Å². The Hall–Kier alpha value is -0.940. The molecule has 2 atom stereocenters. The van der Waals surface area contributed by atoms with E-state index in [1.807, 2.05) is 6.07 Å². The lowest BCUT2D eigenvalue weighted by atomic mass is 10.0. The van der Waals surface area contributed by atoms with Crippen molar-refractivity contribution in [1.82, 2.24) is 0 Å². The lowest BCUT2D eigenvalue weighted by Gasteiger charge is -2.17. The molecular weight excluding hydrogens is 244 g/mol. The van der Waals surface area contributed by atoms with Gasteiger partial charge in [0.1, 0.15) is 12.2 Å². The Kier molecular flexibility index (Phi) is 4.45. The summed E-state index contributed by atoms with van der Waals surface area (Å²) in [6.07, 6.45) is 0.634. The zero-order valence-corrected chi connectivity index (χ0v) is 11.0. The fourth-order valence-corrected chi connectivity index (χ4v) is 1.98. The number of benzene rings is 1. The van der Waals surface area contributed by atoms with Gasteiger partial charge in [0.15, 0.2) is 0 Å². The first-order valence-corrected chi connectivity index (χ1v) is 6.85. The minimum atomic E-state index is 0.277. The van der Waals surface area contributed by atoms with Crippen molar-refractivity contribution in [2.45, 2.75) is 18.1 Å². The molecule has 0 aromatic heterocycles. The van der Waals surface area contributed by atoms with Gasteiger partial charge in [0.25, 0.3) is 0 Å². The van der Waals surface area contributed by atoms with Gasteiger partial charge in [-0.25, -0.2) is 0 Å². The highest BCUT2D eigenvalue weighted by Crippen LogP contribution is 2.19. The van der Waals surface area contributed by atoms with Crippen LogP contribution in [-0.2, 0) is 18.9 Å². The van der Waals surface area contributed by atoms with Gasteiger partial charge in [-0.3, -0.25) is 0 Å². The van der Waals surface area contributed by atoms with E-state index < -0.39 is 0 Å². The minimum Gasteiger partial charge on any atom is -0.378 e. The lowest BCUT2D eigenvalue weighted by Crippen LogP contribution is -2.17. The van der Waals surface area contributed by atoms with Crippen molar-refractivity contribution in [3.05, 3.63) is 35.9 Å². The highest BCUT2D eigenvalue weighted by Gasteiger charge is 2.25. The van der Waals surface area contributed by atoms with E-state index in [1.54, 1.807) is 0 Å². The molecule has 104 valence electrons. The summed E-state index contributed by atoms with van der Waals surface area (Å²) in [6, 6.07) is 10.4. The molecule has 19 heavy (non-hydrogen) atoms. The zero-order chi connectivity index (χ0) is 12.9. The third kappa shape index (κ3) is 4.58. The van der Waals surface area contributed by atoms with E-state index in [9.17, 15) is 0 Å². The molecule has 1 aromatic carbocycles. The van der Waals surface area contributed by atoms with E-state index in [1.165, 1.54) is 5.56 Å². The summed E-state index contributed by atoms with van der Waals surface area (Å²) in [5.41, 5.74) is 1.26. The minimum absolute atomic E-state index is 0.277. The molecule has 0 amide bonds. The molecule has 0 spiro atoms. The standard InChI is InChI=1S/C15H20O4/c1-2-4-12(5-3-1)13(6-16-8-14-10-18-14)7-17-9-15-11-19-15/h1-5,13-15H,6-11H2. The van der Waals surface area contributed by atoms with Gasteiger partial charge in [-0.1, -0.05) is 30.3 Å². The van der Waals surface area contributed by atoms with Crippen LogP contribution >= 0.6 is 0 Å². The number of ether oxygens (including phenoxy) is 4. The van der Waals surface area contributed by atoms with Crippen LogP contribution in [0, 0.1) is 0 Å². The normalized spacial score (nSPS) is 26.1. The van der Waals surface area contributed by atoms with E-state index in [0.29, 0.717) is 38.6 Å². The molecule has 2 aliphatic heterocycles. The number of hydrogen-bond donors (Lipinski definition) is 0. The molecule has 2 fully saturated rings. The Morgan fingerprint density at radius 3 is 1.95 bits per heavy atom. The molecule has 2 heterocycles. The van der Waals surface area contributed by atoms with Crippen molar-refractivity contribution < 1.29 is 18.9 Å². The summed E-state index contributed by atoms with van der Waals surface area (Å²) in [7, 11) is 0. The molecule has 4 nitrogen and oxygen atoms in total. The van der Waals surface area contributed by atoms with Crippen LogP contribution in [0.25, 0.3) is 0 Å². The van der Waals surface area contributed by atoms with Crippen LogP contribution in [0.15, 0.2) is 30.3 Å². The zero-order valence-electron chi connectivity index (χ0n) is 11.0. The van der Waals surface area contributed by atoms with E-state index in [4.69, 9.17) is 18.9 Å². The Morgan fingerprint density at radius 2 is 1.47 bits per heavy atom. The highest BCUT2D eigenvalue weighted by atomic mass is 16.6. The van der Waals surface area contributed by atoms with Crippen molar-refractivity contribution >= 4 is 0 Å². The monoisotopic (exact) mass is 264 g/mol. The van der Waals surface area contributed by atoms with Crippen molar-refractivity contribution in [3.8, 4) is 0 Å². The van der Waals surface area contributed by atoms with Crippen LogP contribution in [0.4, 0.5) is 0 Å². The second-order valence-corrected chi connectivity index (χ2v) is 5.09. The first-order valence-electron chi connectivity index (χ1n) is 6.85. The van der Waals surface area contributed by atoms with E-state index in [-0.39, 0.29) is 5.92 Å². The van der Waals surface area contributed by atoms with Crippen LogP contribution in [0.2, 0.25) is 0 Å². The van der Waals surface area contributed by atoms with Gasteiger partial charge in [-0.2, -0.15) is 0 Å². The number of epoxide rings is 2. The molecule has 4 heteroatoms. The largest absolute Gasteiger partial charge is 0.378 e. The van der Waals surface area contributed by atoms with Crippen molar-refractivity contribution in [2.24, 2.45) is 0 Å². The van der Waals surface area contributed by atoms with E-state index >= 15 is 0 Å². The first-order chi connectivity index (χ1) is 9.42. The second-order valence-electron chi connectivity index (χ2n) is 5.09. The van der Waals surface area contributed by atoms with Gasteiger partial charge >= 0.3 is 0 Å². The first kappa shape index (κ1) is 13.1.